The molecular weight excluding hydrogens is 472 g/mol. The van der Waals surface area contributed by atoms with Crippen molar-refractivity contribution < 1.29 is 79.9 Å². The highest BCUT2D eigenvalue weighted by atomic mass is 16.7. The maximum Gasteiger partial charge on any atom is 0.187 e. The lowest BCUT2D eigenvalue weighted by Gasteiger charge is -2.46. The third kappa shape index (κ3) is 5.52. The Morgan fingerprint density at radius 2 is 1.03 bits per heavy atom. The molecule has 3 aliphatic rings. The van der Waals surface area contributed by atoms with E-state index in [4.69, 9.17) is 23.7 Å². The van der Waals surface area contributed by atoms with Crippen LogP contribution in [0.2, 0.25) is 0 Å². The van der Waals surface area contributed by atoms with Crippen molar-refractivity contribution in [3.8, 4) is 0 Å². The van der Waals surface area contributed by atoms with Gasteiger partial charge in [0.15, 0.2) is 18.9 Å². The van der Waals surface area contributed by atoms with E-state index in [0.29, 0.717) is 0 Å². The van der Waals surface area contributed by atoms with Gasteiger partial charge in [0.25, 0.3) is 0 Å². The molecule has 15 atom stereocenters. The Balaban J connectivity index is 1.63. The van der Waals surface area contributed by atoms with Crippen LogP contribution in [0.25, 0.3) is 0 Å². The van der Waals surface area contributed by atoms with E-state index in [2.05, 4.69) is 0 Å². The molecule has 200 valence electrons. The van der Waals surface area contributed by atoms with E-state index in [9.17, 15) is 56.2 Å². The predicted molar refractivity (Wildman–Crippen MR) is 101 cm³/mol. The van der Waals surface area contributed by atoms with Gasteiger partial charge in [0, 0.05) is 0 Å². The van der Waals surface area contributed by atoms with E-state index in [1.165, 1.54) is 0 Å². The van der Waals surface area contributed by atoms with Gasteiger partial charge in [-0.2, -0.15) is 0 Å². The smallest absolute Gasteiger partial charge is 0.187 e. The van der Waals surface area contributed by atoms with Crippen molar-refractivity contribution in [3.05, 3.63) is 0 Å². The number of aliphatic hydroxyl groups excluding tert-OH is 11. The van der Waals surface area contributed by atoms with Crippen molar-refractivity contribution in [1.82, 2.24) is 0 Å². The van der Waals surface area contributed by atoms with Crippen molar-refractivity contribution in [2.45, 2.75) is 92.1 Å². The van der Waals surface area contributed by atoms with Crippen LogP contribution in [0.3, 0.4) is 0 Å². The second-order valence-corrected chi connectivity index (χ2v) is 8.37. The summed E-state index contributed by atoms with van der Waals surface area (Å²) in [6.07, 6.45) is -24.7. The van der Waals surface area contributed by atoms with E-state index in [1.54, 1.807) is 0 Å². The van der Waals surface area contributed by atoms with Crippen LogP contribution in [-0.4, -0.2) is 168 Å². The Hall–Kier alpha value is -0.640. The molecule has 16 heteroatoms. The minimum Gasteiger partial charge on any atom is -0.394 e. The third-order valence-corrected chi connectivity index (χ3v) is 6.07. The second kappa shape index (κ2) is 11.6. The van der Waals surface area contributed by atoms with Crippen LogP contribution < -0.4 is 0 Å². The molecule has 3 aliphatic heterocycles. The normalized spacial score (nSPS) is 52.5. The highest BCUT2D eigenvalue weighted by molar-refractivity contribution is 4.94. The fourth-order valence-corrected chi connectivity index (χ4v) is 3.95. The van der Waals surface area contributed by atoms with Crippen molar-refractivity contribution in [2.75, 3.05) is 19.8 Å². The van der Waals surface area contributed by atoms with Gasteiger partial charge in [-0.05, 0) is 0 Å². The van der Waals surface area contributed by atoms with Gasteiger partial charge in [-0.15, -0.1) is 0 Å². The second-order valence-electron chi connectivity index (χ2n) is 8.37. The van der Waals surface area contributed by atoms with E-state index in [0.717, 1.165) is 0 Å². The summed E-state index contributed by atoms with van der Waals surface area (Å²) < 4.78 is 26.2. The molecule has 3 rings (SSSR count). The van der Waals surface area contributed by atoms with Crippen LogP contribution >= 0.6 is 0 Å². The lowest BCUT2D eigenvalue weighted by atomic mass is 9.97. The molecule has 0 saturated carbocycles. The fourth-order valence-electron chi connectivity index (χ4n) is 3.95. The largest absolute Gasteiger partial charge is 0.394 e. The van der Waals surface area contributed by atoms with E-state index >= 15 is 0 Å². The summed E-state index contributed by atoms with van der Waals surface area (Å²) >= 11 is 0. The summed E-state index contributed by atoms with van der Waals surface area (Å²) in [6, 6.07) is 0. The first-order valence-corrected chi connectivity index (χ1v) is 10.6. The number of rotatable bonds is 7. The van der Waals surface area contributed by atoms with Crippen molar-refractivity contribution in [3.63, 3.8) is 0 Å². The standard InChI is InChI=1S/C18H32O16/c19-1-4-7(21)10(24)13(27)18(32-4)34-15-5(2-20)33-17(14(28)11(15)25)30-3-6-8(22)9(23)12(26)16(29)31-6/h4-29H,1-3H2/t4-,5-,6-,7-,8-,9+,10+,11-,12-,13-,14-,15-,16-,17+,18-/m1/s1. The number of hydrogen-bond donors (Lipinski definition) is 11. The molecule has 16 nitrogen and oxygen atoms in total. The summed E-state index contributed by atoms with van der Waals surface area (Å²) in [5.41, 5.74) is 0. The van der Waals surface area contributed by atoms with Crippen LogP contribution in [-0.2, 0) is 23.7 Å². The van der Waals surface area contributed by atoms with Crippen molar-refractivity contribution >= 4 is 0 Å². The van der Waals surface area contributed by atoms with Gasteiger partial charge in [-0.3, -0.25) is 0 Å². The lowest BCUT2D eigenvalue weighted by molar-refractivity contribution is -0.363. The molecule has 3 saturated heterocycles. The van der Waals surface area contributed by atoms with Crippen LogP contribution in [0.5, 0.6) is 0 Å². The maximum absolute atomic E-state index is 10.5. The number of hydrogen-bond acceptors (Lipinski definition) is 16. The van der Waals surface area contributed by atoms with Crippen LogP contribution in [0.4, 0.5) is 0 Å². The molecule has 0 aromatic carbocycles. The first kappa shape index (κ1) is 27.9. The molecule has 0 radical (unpaired) electrons. The van der Waals surface area contributed by atoms with E-state index < -0.39 is 112 Å². The van der Waals surface area contributed by atoms with E-state index in [1.807, 2.05) is 0 Å². The Bertz CT molecular complexity index is 637. The Labute approximate surface area is 192 Å². The van der Waals surface area contributed by atoms with Gasteiger partial charge >= 0.3 is 0 Å². The van der Waals surface area contributed by atoms with Crippen LogP contribution in [0, 0.1) is 0 Å². The zero-order valence-electron chi connectivity index (χ0n) is 17.7. The SMILES string of the molecule is OC[C@H]1O[C@H](O[C@H]2[C@H](O)[C@@H](O)[C@@H](OC[C@H]3O[C@@H](O)[C@H](O)[C@@H](O)[C@@H]3O)O[C@@H]2CO)[C@H](O)[C@@H](O)[C@@H]1O. The number of ether oxygens (including phenoxy) is 5. The highest BCUT2D eigenvalue weighted by Crippen LogP contribution is 2.30. The molecule has 0 aromatic rings. The molecular formula is C18H32O16. The fraction of sp³-hybridized carbons (Fsp3) is 1.00. The summed E-state index contributed by atoms with van der Waals surface area (Å²) in [4.78, 5) is 0. The summed E-state index contributed by atoms with van der Waals surface area (Å²) in [5.74, 6) is 0. The van der Waals surface area contributed by atoms with Gasteiger partial charge in [-0.25, -0.2) is 0 Å². The summed E-state index contributed by atoms with van der Waals surface area (Å²) in [5, 5.41) is 109. The van der Waals surface area contributed by atoms with Crippen molar-refractivity contribution in [2.24, 2.45) is 0 Å². The first-order chi connectivity index (χ1) is 16.0. The average Bonchev–Trinajstić information content (AvgIpc) is 2.83. The molecule has 0 spiro atoms. The third-order valence-electron chi connectivity index (χ3n) is 6.07. The summed E-state index contributed by atoms with van der Waals surface area (Å²) in [6.45, 7) is -2.09. The molecule has 3 fully saturated rings. The van der Waals surface area contributed by atoms with Crippen molar-refractivity contribution in [1.29, 1.82) is 0 Å². The molecule has 0 bridgehead atoms. The van der Waals surface area contributed by atoms with Gasteiger partial charge in [0.2, 0.25) is 0 Å². The summed E-state index contributed by atoms with van der Waals surface area (Å²) in [7, 11) is 0. The van der Waals surface area contributed by atoms with Gasteiger partial charge in [0.05, 0.1) is 19.8 Å². The minimum absolute atomic E-state index is 0.577. The van der Waals surface area contributed by atoms with E-state index in [-0.39, 0.29) is 0 Å². The predicted octanol–water partition coefficient (Wildman–Crippen LogP) is -7.57. The first-order valence-electron chi connectivity index (χ1n) is 10.6. The van der Waals surface area contributed by atoms with Gasteiger partial charge in [0.1, 0.15) is 73.2 Å². The molecule has 0 amide bonds. The maximum atomic E-state index is 10.5. The zero-order valence-corrected chi connectivity index (χ0v) is 17.7. The molecule has 34 heavy (non-hydrogen) atoms. The topological polar surface area (TPSA) is 269 Å². The van der Waals surface area contributed by atoms with Crippen LogP contribution in [0.15, 0.2) is 0 Å². The monoisotopic (exact) mass is 504 g/mol. The Kier molecular flexibility index (Phi) is 9.54. The lowest BCUT2D eigenvalue weighted by Crippen LogP contribution is -2.65. The van der Waals surface area contributed by atoms with Gasteiger partial charge in [-0.1, -0.05) is 0 Å². The average molecular weight is 504 g/mol. The Morgan fingerprint density at radius 1 is 0.500 bits per heavy atom. The molecule has 0 unspecified atom stereocenters. The molecule has 11 N–H and O–H groups in total. The van der Waals surface area contributed by atoms with Gasteiger partial charge < -0.3 is 79.9 Å². The Morgan fingerprint density at radius 3 is 1.65 bits per heavy atom. The highest BCUT2D eigenvalue weighted by Gasteiger charge is 2.51. The van der Waals surface area contributed by atoms with Crippen LogP contribution in [0.1, 0.15) is 0 Å². The molecule has 0 aromatic heterocycles. The number of aliphatic hydroxyl groups is 11. The molecule has 0 aliphatic carbocycles. The molecule has 3 heterocycles. The zero-order chi connectivity index (χ0) is 25.3. The quantitative estimate of drug-likeness (QED) is 0.154. The minimum atomic E-state index is -1.82.